The molecule has 3 aliphatic rings. The molecule has 1 spiro atoms. The van der Waals surface area contributed by atoms with Crippen LogP contribution in [0.2, 0.25) is 0 Å². The molecule has 0 aromatic carbocycles. The molecule has 1 aliphatic heterocycles. The summed E-state index contributed by atoms with van der Waals surface area (Å²) in [4.78, 5) is 24.0. The van der Waals surface area contributed by atoms with E-state index >= 15 is 0 Å². The largest absolute Gasteiger partial charge is 0.465 e. The Morgan fingerprint density at radius 3 is 2.71 bits per heavy atom. The third kappa shape index (κ3) is 2.18. The zero-order valence-corrected chi connectivity index (χ0v) is 13.5. The Morgan fingerprint density at radius 1 is 1.48 bits per heavy atom. The van der Waals surface area contributed by atoms with Crippen molar-refractivity contribution < 1.29 is 19.1 Å². The van der Waals surface area contributed by atoms with Crippen LogP contribution >= 0.6 is 0 Å². The third-order valence-corrected chi connectivity index (χ3v) is 6.37. The Hall–Kier alpha value is -1.06. The van der Waals surface area contributed by atoms with Crippen molar-refractivity contribution in [2.45, 2.75) is 59.5 Å². The molecule has 5 atom stereocenters. The molecule has 0 N–H and O–H groups in total. The van der Waals surface area contributed by atoms with E-state index in [1.165, 1.54) is 0 Å². The lowest BCUT2D eigenvalue weighted by Gasteiger charge is -2.40. The van der Waals surface area contributed by atoms with Gasteiger partial charge in [-0.3, -0.25) is 9.59 Å². The second kappa shape index (κ2) is 4.72. The standard InChI is InChI=1S/C17H26O4/c1-5-16(3,4)15(19)21-14-10(2)11-6-12(14)17(7-11)8-13(18)20-9-17/h10-12,14H,5-9H2,1-4H3. The van der Waals surface area contributed by atoms with Crippen LogP contribution in [0.25, 0.3) is 0 Å². The first-order valence-corrected chi connectivity index (χ1v) is 8.16. The van der Waals surface area contributed by atoms with Gasteiger partial charge in [-0.05, 0) is 44.9 Å². The van der Waals surface area contributed by atoms with E-state index in [1.54, 1.807) is 0 Å². The summed E-state index contributed by atoms with van der Waals surface area (Å²) in [5.74, 6) is 1.06. The van der Waals surface area contributed by atoms with Crippen molar-refractivity contribution in [1.29, 1.82) is 0 Å². The van der Waals surface area contributed by atoms with Crippen LogP contribution in [0.5, 0.6) is 0 Å². The number of hydrogen-bond donors (Lipinski definition) is 0. The van der Waals surface area contributed by atoms with Gasteiger partial charge >= 0.3 is 11.9 Å². The van der Waals surface area contributed by atoms with Gasteiger partial charge in [-0.1, -0.05) is 13.8 Å². The minimum absolute atomic E-state index is 0.0448. The Kier molecular flexibility index (Phi) is 3.34. The fourth-order valence-corrected chi connectivity index (χ4v) is 4.45. The van der Waals surface area contributed by atoms with Gasteiger partial charge in [0.2, 0.25) is 0 Å². The summed E-state index contributed by atoms with van der Waals surface area (Å²) in [5, 5.41) is 0. The zero-order chi connectivity index (χ0) is 15.4. The third-order valence-electron chi connectivity index (χ3n) is 6.37. The molecule has 118 valence electrons. The zero-order valence-electron chi connectivity index (χ0n) is 13.5. The van der Waals surface area contributed by atoms with E-state index in [-0.39, 0.29) is 23.5 Å². The molecule has 3 rings (SSSR count). The van der Waals surface area contributed by atoms with Crippen LogP contribution in [-0.2, 0) is 19.1 Å². The van der Waals surface area contributed by atoms with E-state index in [1.807, 2.05) is 20.8 Å². The lowest BCUT2D eigenvalue weighted by molar-refractivity contribution is -0.169. The van der Waals surface area contributed by atoms with Gasteiger partial charge in [-0.2, -0.15) is 0 Å². The number of fused-ring (bicyclic) bond motifs is 3. The number of hydrogen-bond acceptors (Lipinski definition) is 4. The highest BCUT2D eigenvalue weighted by Gasteiger charge is 2.63. The van der Waals surface area contributed by atoms with E-state index in [0.29, 0.717) is 30.8 Å². The lowest BCUT2D eigenvalue weighted by Crippen LogP contribution is -2.44. The van der Waals surface area contributed by atoms with Crippen molar-refractivity contribution in [2.75, 3.05) is 6.61 Å². The predicted octanol–water partition coefficient (Wildman–Crippen LogP) is 2.94. The van der Waals surface area contributed by atoms with Crippen molar-refractivity contribution in [1.82, 2.24) is 0 Å². The maximum absolute atomic E-state index is 12.4. The highest BCUT2D eigenvalue weighted by molar-refractivity contribution is 5.76. The van der Waals surface area contributed by atoms with E-state index in [2.05, 4.69) is 6.92 Å². The van der Waals surface area contributed by atoms with Crippen molar-refractivity contribution in [3.8, 4) is 0 Å². The molecule has 3 fully saturated rings. The van der Waals surface area contributed by atoms with E-state index in [4.69, 9.17) is 9.47 Å². The second-order valence-electron chi connectivity index (χ2n) is 7.97. The molecule has 0 amide bonds. The van der Waals surface area contributed by atoms with Crippen LogP contribution in [0.3, 0.4) is 0 Å². The molecule has 1 saturated heterocycles. The minimum atomic E-state index is -0.434. The summed E-state index contributed by atoms with van der Waals surface area (Å²) in [7, 11) is 0. The monoisotopic (exact) mass is 294 g/mol. The molecule has 5 unspecified atom stereocenters. The van der Waals surface area contributed by atoms with Gasteiger partial charge in [-0.25, -0.2) is 0 Å². The van der Waals surface area contributed by atoms with Gasteiger partial charge in [0, 0.05) is 11.3 Å². The number of carbonyl (C=O) groups excluding carboxylic acids is 2. The molecule has 1 heterocycles. The molecule has 0 aromatic heterocycles. The fourth-order valence-electron chi connectivity index (χ4n) is 4.45. The van der Waals surface area contributed by atoms with E-state index in [0.717, 1.165) is 19.3 Å². The molecule has 2 saturated carbocycles. The average molecular weight is 294 g/mol. The van der Waals surface area contributed by atoms with Crippen LogP contribution in [-0.4, -0.2) is 24.6 Å². The van der Waals surface area contributed by atoms with Gasteiger partial charge in [0.15, 0.2) is 0 Å². The SMILES string of the molecule is CCC(C)(C)C(=O)OC1C(C)C2CC1C1(COC(=O)C1)C2. The number of carbonyl (C=O) groups is 2. The summed E-state index contributed by atoms with van der Waals surface area (Å²) in [6.45, 7) is 8.59. The normalized spacial score (nSPS) is 41.6. The van der Waals surface area contributed by atoms with Gasteiger partial charge < -0.3 is 9.47 Å². The molecule has 2 aliphatic carbocycles. The first-order valence-electron chi connectivity index (χ1n) is 8.16. The summed E-state index contributed by atoms with van der Waals surface area (Å²) < 4.78 is 11.2. The predicted molar refractivity (Wildman–Crippen MR) is 77.3 cm³/mol. The maximum atomic E-state index is 12.4. The summed E-state index contributed by atoms with van der Waals surface area (Å²) >= 11 is 0. The number of esters is 2. The molecular formula is C17H26O4. The lowest BCUT2D eigenvalue weighted by atomic mass is 9.68. The van der Waals surface area contributed by atoms with Crippen molar-refractivity contribution >= 4 is 11.9 Å². The quantitative estimate of drug-likeness (QED) is 0.751. The molecule has 2 bridgehead atoms. The Balaban J connectivity index is 1.77. The Morgan fingerprint density at radius 2 is 2.19 bits per heavy atom. The number of cyclic esters (lactones) is 1. The molecule has 4 nitrogen and oxygen atoms in total. The first kappa shape index (κ1) is 14.9. The van der Waals surface area contributed by atoms with Crippen LogP contribution in [0.4, 0.5) is 0 Å². The Bertz CT molecular complexity index is 469. The second-order valence-corrected chi connectivity index (χ2v) is 7.97. The van der Waals surface area contributed by atoms with Crippen molar-refractivity contribution in [2.24, 2.45) is 28.6 Å². The van der Waals surface area contributed by atoms with E-state index < -0.39 is 5.41 Å². The highest BCUT2D eigenvalue weighted by atomic mass is 16.6. The molecule has 0 radical (unpaired) electrons. The van der Waals surface area contributed by atoms with Crippen LogP contribution in [0, 0.1) is 28.6 Å². The number of ether oxygens (including phenoxy) is 2. The first-order chi connectivity index (χ1) is 9.79. The molecule has 4 heteroatoms. The van der Waals surface area contributed by atoms with Crippen LogP contribution in [0.1, 0.15) is 53.4 Å². The van der Waals surface area contributed by atoms with Crippen molar-refractivity contribution in [3.05, 3.63) is 0 Å². The molecular weight excluding hydrogens is 268 g/mol. The highest BCUT2D eigenvalue weighted by Crippen LogP contribution is 2.62. The van der Waals surface area contributed by atoms with Crippen LogP contribution < -0.4 is 0 Å². The van der Waals surface area contributed by atoms with Crippen LogP contribution in [0.15, 0.2) is 0 Å². The topological polar surface area (TPSA) is 52.6 Å². The minimum Gasteiger partial charge on any atom is -0.465 e. The number of rotatable bonds is 3. The van der Waals surface area contributed by atoms with Gasteiger partial charge in [0.1, 0.15) is 6.10 Å². The van der Waals surface area contributed by atoms with Crippen molar-refractivity contribution in [3.63, 3.8) is 0 Å². The maximum Gasteiger partial charge on any atom is 0.311 e. The fraction of sp³-hybridized carbons (Fsp3) is 0.882. The van der Waals surface area contributed by atoms with Gasteiger partial charge in [-0.15, -0.1) is 0 Å². The van der Waals surface area contributed by atoms with Gasteiger partial charge in [0.25, 0.3) is 0 Å². The smallest absolute Gasteiger partial charge is 0.311 e. The summed E-state index contributed by atoms with van der Waals surface area (Å²) in [6, 6.07) is 0. The van der Waals surface area contributed by atoms with E-state index in [9.17, 15) is 9.59 Å². The molecule has 0 aromatic rings. The summed E-state index contributed by atoms with van der Waals surface area (Å²) in [5.41, 5.74) is -0.494. The van der Waals surface area contributed by atoms with Gasteiger partial charge in [0.05, 0.1) is 18.4 Å². The Labute approximate surface area is 126 Å². The average Bonchev–Trinajstić information content (AvgIpc) is 3.07. The summed E-state index contributed by atoms with van der Waals surface area (Å²) in [6.07, 6.45) is 3.36. The molecule has 21 heavy (non-hydrogen) atoms.